The number of hydrogen-bond acceptors (Lipinski definition) is 2. The summed E-state index contributed by atoms with van der Waals surface area (Å²) in [6.07, 6.45) is 5.04. The van der Waals surface area contributed by atoms with Gasteiger partial charge in [-0.2, -0.15) is 10.2 Å². The molecule has 2 nitrogen and oxygen atoms in total. The molecule has 15 heavy (non-hydrogen) atoms. The highest BCUT2D eigenvalue weighted by Gasteiger charge is 2.35. The summed E-state index contributed by atoms with van der Waals surface area (Å²) < 4.78 is 0. The molecule has 1 aromatic heterocycles. The lowest BCUT2D eigenvalue weighted by Gasteiger charge is -2.28. The molecule has 1 heterocycles. The molecule has 1 aliphatic rings. The number of fused-ring (bicyclic) bond motifs is 1. The zero-order valence-corrected chi connectivity index (χ0v) is 9.91. The van der Waals surface area contributed by atoms with E-state index in [4.69, 9.17) is 0 Å². The maximum Gasteiger partial charge on any atom is 0.0712 e. The lowest BCUT2D eigenvalue weighted by atomic mass is 9.76. The van der Waals surface area contributed by atoms with Crippen LogP contribution in [0, 0.1) is 11.3 Å². The highest BCUT2D eigenvalue weighted by molar-refractivity contribution is 5.73. The van der Waals surface area contributed by atoms with Crippen LogP contribution in [0.2, 0.25) is 0 Å². The van der Waals surface area contributed by atoms with Gasteiger partial charge in [0.25, 0.3) is 0 Å². The Bertz CT molecular complexity index is 399. The van der Waals surface area contributed by atoms with Crippen LogP contribution in [0.25, 0.3) is 5.57 Å². The number of aromatic nitrogens is 2. The van der Waals surface area contributed by atoms with Crippen molar-refractivity contribution in [2.24, 2.45) is 11.3 Å². The second kappa shape index (κ2) is 3.44. The molecule has 0 spiro atoms. The lowest BCUT2D eigenvalue weighted by Crippen LogP contribution is -2.20. The Kier molecular flexibility index (Phi) is 2.37. The molecule has 0 aromatic carbocycles. The summed E-state index contributed by atoms with van der Waals surface area (Å²) in [5.74, 6) is 0.578. The lowest BCUT2D eigenvalue weighted by molar-refractivity contribution is 0.307. The molecule has 0 N–H and O–H groups in total. The molecule has 0 fully saturated rings. The fourth-order valence-electron chi connectivity index (χ4n) is 2.39. The van der Waals surface area contributed by atoms with E-state index in [2.05, 4.69) is 50.0 Å². The molecule has 2 rings (SSSR count). The minimum atomic E-state index is 0.294. The van der Waals surface area contributed by atoms with Crippen molar-refractivity contribution in [3.8, 4) is 0 Å². The van der Waals surface area contributed by atoms with Crippen LogP contribution in [0.5, 0.6) is 0 Å². The van der Waals surface area contributed by atoms with Gasteiger partial charge in [-0.3, -0.25) is 0 Å². The molecular weight excluding hydrogens is 184 g/mol. The quantitative estimate of drug-likeness (QED) is 0.646. The van der Waals surface area contributed by atoms with Crippen LogP contribution in [0.4, 0.5) is 0 Å². The van der Waals surface area contributed by atoms with Gasteiger partial charge in [0.05, 0.1) is 11.9 Å². The van der Waals surface area contributed by atoms with Gasteiger partial charge in [0.1, 0.15) is 0 Å². The van der Waals surface area contributed by atoms with Crippen LogP contribution < -0.4 is 0 Å². The van der Waals surface area contributed by atoms with E-state index < -0.39 is 0 Å². The molecule has 1 unspecified atom stereocenters. The Labute approximate surface area is 91.4 Å². The Hall–Kier alpha value is -1.18. The van der Waals surface area contributed by atoms with Gasteiger partial charge in [-0.1, -0.05) is 26.8 Å². The van der Waals surface area contributed by atoms with Crippen molar-refractivity contribution in [2.45, 2.75) is 34.1 Å². The molecule has 0 saturated carbocycles. The third-order valence-corrected chi connectivity index (χ3v) is 3.24. The fourth-order valence-corrected chi connectivity index (χ4v) is 2.39. The first-order chi connectivity index (χ1) is 7.04. The van der Waals surface area contributed by atoms with Gasteiger partial charge in [0.15, 0.2) is 0 Å². The van der Waals surface area contributed by atoms with Crippen molar-refractivity contribution in [1.29, 1.82) is 0 Å². The zero-order valence-electron chi connectivity index (χ0n) is 9.91. The number of rotatable bonds is 0. The van der Waals surface area contributed by atoms with E-state index in [0.717, 1.165) is 12.1 Å². The first-order valence-electron chi connectivity index (χ1n) is 5.51. The predicted octanol–water partition coefficient (Wildman–Crippen LogP) is 3.10. The zero-order chi connectivity index (χ0) is 11.1. The predicted molar refractivity (Wildman–Crippen MR) is 62.3 cm³/mol. The first kappa shape index (κ1) is 10.3. The second-order valence-corrected chi connectivity index (χ2v) is 5.26. The minimum Gasteiger partial charge on any atom is -0.159 e. The Morgan fingerprint density at radius 2 is 2.13 bits per heavy atom. The summed E-state index contributed by atoms with van der Waals surface area (Å²) in [6.45, 7) is 8.99. The molecule has 0 radical (unpaired) electrons. The minimum absolute atomic E-state index is 0.294. The molecule has 0 aliphatic heterocycles. The van der Waals surface area contributed by atoms with E-state index in [1.807, 2.05) is 0 Å². The van der Waals surface area contributed by atoms with Gasteiger partial charge < -0.3 is 0 Å². The standard InChI is InChI=1S/C13H18N2/c1-5-9-10-6-7-14-15-12(10)8-11(9)13(2,3)4/h5-7,11H,8H2,1-4H3/b9-5-. The van der Waals surface area contributed by atoms with Crippen LogP contribution in [0.3, 0.4) is 0 Å². The molecule has 2 heteroatoms. The average Bonchev–Trinajstić information content (AvgIpc) is 2.55. The van der Waals surface area contributed by atoms with Crippen LogP contribution in [0.1, 0.15) is 39.0 Å². The van der Waals surface area contributed by atoms with Crippen LogP contribution in [-0.2, 0) is 6.42 Å². The van der Waals surface area contributed by atoms with Crippen molar-refractivity contribution >= 4 is 5.57 Å². The van der Waals surface area contributed by atoms with Crippen LogP contribution in [-0.4, -0.2) is 10.2 Å². The van der Waals surface area contributed by atoms with Gasteiger partial charge in [-0.25, -0.2) is 0 Å². The Balaban J connectivity index is 2.47. The van der Waals surface area contributed by atoms with E-state index in [1.165, 1.54) is 11.1 Å². The monoisotopic (exact) mass is 202 g/mol. The van der Waals surface area contributed by atoms with E-state index in [0.29, 0.717) is 11.3 Å². The van der Waals surface area contributed by atoms with Crippen molar-refractivity contribution in [1.82, 2.24) is 10.2 Å². The van der Waals surface area contributed by atoms with E-state index >= 15 is 0 Å². The Morgan fingerprint density at radius 1 is 1.40 bits per heavy atom. The summed E-state index contributed by atoms with van der Waals surface area (Å²) in [4.78, 5) is 0. The fraction of sp³-hybridized carbons (Fsp3) is 0.538. The van der Waals surface area contributed by atoms with Crippen molar-refractivity contribution in [3.05, 3.63) is 29.6 Å². The second-order valence-electron chi connectivity index (χ2n) is 5.26. The number of hydrogen-bond donors (Lipinski definition) is 0. The van der Waals surface area contributed by atoms with Gasteiger partial charge in [-0.05, 0) is 36.3 Å². The van der Waals surface area contributed by atoms with Gasteiger partial charge >= 0.3 is 0 Å². The maximum atomic E-state index is 4.23. The average molecular weight is 202 g/mol. The highest BCUT2D eigenvalue weighted by atomic mass is 15.1. The number of nitrogens with zero attached hydrogens (tertiary/aromatic N) is 2. The molecule has 0 saturated heterocycles. The van der Waals surface area contributed by atoms with Crippen molar-refractivity contribution in [3.63, 3.8) is 0 Å². The van der Waals surface area contributed by atoms with E-state index in [9.17, 15) is 0 Å². The summed E-state index contributed by atoms with van der Waals surface area (Å²) in [6, 6.07) is 2.09. The van der Waals surface area contributed by atoms with E-state index in [1.54, 1.807) is 6.20 Å². The summed E-state index contributed by atoms with van der Waals surface area (Å²) in [7, 11) is 0. The van der Waals surface area contributed by atoms with E-state index in [-0.39, 0.29) is 0 Å². The summed E-state index contributed by atoms with van der Waals surface area (Å²) in [5.41, 5.74) is 4.19. The smallest absolute Gasteiger partial charge is 0.0712 e. The van der Waals surface area contributed by atoms with Crippen LogP contribution >= 0.6 is 0 Å². The van der Waals surface area contributed by atoms with Gasteiger partial charge in [-0.15, -0.1) is 0 Å². The van der Waals surface area contributed by atoms with Gasteiger partial charge in [0.2, 0.25) is 0 Å². The first-order valence-corrected chi connectivity index (χ1v) is 5.51. The molecule has 1 atom stereocenters. The van der Waals surface area contributed by atoms with Crippen LogP contribution in [0.15, 0.2) is 18.3 Å². The molecule has 80 valence electrons. The number of allylic oxidation sites excluding steroid dienone is 2. The normalized spacial score (nSPS) is 23.2. The third kappa shape index (κ3) is 1.69. The molecule has 0 amide bonds. The van der Waals surface area contributed by atoms with Gasteiger partial charge in [0, 0.05) is 5.56 Å². The summed E-state index contributed by atoms with van der Waals surface area (Å²) in [5, 5.41) is 8.19. The molecular formula is C13H18N2. The largest absolute Gasteiger partial charge is 0.159 e. The van der Waals surface area contributed by atoms with Crippen molar-refractivity contribution in [2.75, 3.05) is 0 Å². The summed E-state index contributed by atoms with van der Waals surface area (Å²) >= 11 is 0. The Morgan fingerprint density at radius 3 is 2.73 bits per heavy atom. The molecule has 0 bridgehead atoms. The molecule has 1 aliphatic carbocycles. The third-order valence-electron chi connectivity index (χ3n) is 3.24. The SMILES string of the molecule is C/C=C1/c2ccnnc2CC1C(C)(C)C. The van der Waals surface area contributed by atoms with Crippen molar-refractivity contribution < 1.29 is 0 Å². The topological polar surface area (TPSA) is 25.8 Å². The highest BCUT2D eigenvalue weighted by Crippen LogP contribution is 2.45. The maximum absolute atomic E-state index is 4.23. The molecule has 1 aromatic rings.